The van der Waals surface area contributed by atoms with Crippen molar-refractivity contribution in [3.63, 3.8) is 0 Å². The van der Waals surface area contributed by atoms with Crippen LogP contribution in [-0.2, 0) is 4.79 Å². The fourth-order valence-electron chi connectivity index (χ4n) is 2.50. The lowest BCUT2D eigenvalue weighted by Crippen LogP contribution is -2.34. The van der Waals surface area contributed by atoms with E-state index in [9.17, 15) is 9.18 Å². The molecule has 0 radical (unpaired) electrons. The minimum Gasteiger partial charge on any atom is -0.481 e. The first-order valence-corrected chi connectivity index (χ1v) is 6.38. The van der Waals surface area contributed by atoms with Gasteiger partial charge in [0.05, 0.1) is 5.69 Å². The van der Waals surface area contributed by atoms with Gasteiger partial charge in [0.2, 0.25) is 0 Å². The van der Waals surface area contributed by atoms with Crippen LogP contribution in [0.25, 0.3) is 0 Å². The van der Waals surface area contributed by atoms with Crippen molar-refractivity contribution in [2.24, 2.45) is 5.92 Å². The van der Waals surface area contributed by atoms with Crippen molar-refractivity contribution >= 4 is 11.7 Å². The van der Waals surface area contributed by atoms with Gasteiger partial charge in [-0.05, 0) is 37.3 Å². The quantitative estimate of drug-likeness (QED) is 0.894. The monoisotopic (exact) mass is 251 g/mol. The molecule has 1 aromatic carbocycles. The van der Waals surface area contributed by atoms with Gasteiger partial charge in [0.1, 0.15) is 5.82 Å². The zero-order chi connectivity index (χ0) is 13.0. The number of hydrogen-bond donors (Lipinski definition) is 1. The van der Waals surface area contributed by atoms with E-state index in [1.54, 1.807) is 12.1 Å². The minimum absolute atomic E-state index is 0.179. The summed E-state index contributed by atoms with van der Waals surface area (Å²) in [5, 5.41) is 8.65. The molecule has 1 saturated heterocycles. The Morgan fingerprint density at radius 3 is 2.61 bits per heavy atom. The number of anilines is 1. The molecule has 1 aliphatic heterocycles. The molecule has 18 heavy (non-hydrogen) atoms. The molecule has 98 valence electrons. The van der Waals surface area contributed by atoms with Gasteiger partial charge in [-0.15, -0.1) is 0 Å². The van der Waals surface area contributed by atoms with Crippen LogP contribution in [0.3, 0.4) is 0 Å². The van der Waals surface area contributed by atoms with Crippen molar-refractivity contribution in [2.45, 2.75) is 25.7 Å². The summed E-state index contributed by atoms with van der Waals surface area (Å²) in [5.41, 5.74) is 0.661. The maximum Gasteiger partial charge on any atom is 0.303 e. The Morgan fingerprint density at radius 1 is 1.33 bits per heavy atom. The Bertz CT molecular complexity index is 414. The number of para-hydroxylation sites is 1. The fourth-order valence-corrected chi connectivity index (χ4v) is 2.50. The normalized spacial score (nSPS) is 16.8. The summed E-state index contributed by atoms with van der Waals surface area (Å²) in [6.45, 7) is 1.62. The molecule has 0 unspecified atom stereocenters. The van der Waals surface area contributed by atoms with Crippen molar-refractivity contribution in [3.05, 3.63) is 30.1 Å². The summed E-state index contributed by atoms with van der Waals surface area (Å²) < 4.78 is 13.6. The zero-order valence-corrected chi connectivity index (χ0v) is 10.3. The summed E-state index contributed by atoms with van der Waals surface area (Å²) in [7, 11) is 0. The second-order valence-electron chi connectivity index (χ2n) is 4.81. The van der Waals surface area contributed by atoms with E-state index in [1.165, 1.54) is 6.07 Å². The van der Waals surface area contributed by atoms with Crippen molar-refractivity contribution < 1.29 is 14.3 Å². The van der Waals surface area contributed by atoms with Crippen LogP contribution in [0.1, 0.15) is 25.7 Å². The highest BCUT2D eigenvalue weighted by atomic mass is 19.1. The van der Waals surface area contributed by atoms with E-state index in [2.05, 4.69) is 0 Å². The van der Waals surface area contributed by atoms with Crippen LogP contribution in [0, 0.1) is 11.7 Å². The summed E-state index contributed by atoms with van der Waals surface area (Å²) >= 11 is 0. The predicted octanol–water partition coefficient (Wildman–Crippen LogP) is 2.91. The number of piperidine rings is 1. The topological polar surface area (TPSA) is 40.5 Å². The van der Waals surface area contributed by atoms with E-state index in [4.69, 9.17) is 5.11 Å². The van der Waals surface area contributed by atoms with E-state index in [1.807, 2.05) is 11.0 Å². The van der Waals surface area contributed by atoms with Gasteiger partial charge in [-0.25, -0.2) is 4.39 Å². The van der Waals surface area contributed by atoms with E-state index in [0.29, 0.717) is 11.6 Å². The van der Waals surface area contributed by atoms with Gasteiger partial charge in [0.25, 0.3) is 0 Å². The van der Waals surface area contributed by atoms with Gasteiger partial charge in [0.15, 0.2) is 0 Å². The third kappa shape index (κ3) is 3.22. The van der Waals surface area contributed by atoms with Crippen molar-refractivity contribution in [1.29, 1.82) is 0 Å². The molecule has 1 fully saturated rings. The molecule has 1 N–H and O–H groups in total. The van der Waals surface area contributed by atoms with Crippen LogP contribution in [-0.4, -0.2) is 24.2 Å². The predicted molar refractivity (Wildman–Crippen MR) is 68.2 cm³/mol. The molecule has 1 heterocycles. The lowest BCUT2D eigenvalue weighted by Gasteiger charge is -2.33. The number of benzene rings is 1. The highest BCUT2D eigenvalue weighted by molar-refractivity contribution is 5.66. The van der Waals surface area contributed by atoms with Crippen LogP contribution in [0.2, 0.25) is 0 Å². The zero-order valence-electron chi connectivity index (χ0n) is 10.3. The summed E-state index contributed by atoms with van der Waals surface area (Å²) in [4.78, 5) is 12.6. The Morgan fingerprint density at radius 2 is 2.00 bits per heavy atom. The molecule has 1 aromatic rings. The molecule has 0 atom stereocenters. The molecule has 1 aliphatic rings. The average molecular weight is 251 g/mol. The summed E-state index contributed by atoms with van der Waals surface area (Å²) in [6, 6.07) is 6.81. The van der Waals surface area contributed by atoms with Crippen LogP contribution < -0.4 is 4.90 Å². The van der Waals surface area contributed by atoms with E-state index < -0.39 is 5.97 Å². The Labute approximate surface area is 106 Å². The standard InChI is InChI=1S/C14H18FNO2/c15-12-3-1-2-4-13(12)16-9-7-11(8-10-16)5-6-14(17)18/h1-4,11H,5-10H2,(H,17,18). The van der Waals surface area contributed by atoms with Gasteiger partial charge in [-0.3, -0.25) is 4.79 Å². The Kier molecular flexibility index (Phi) is 4.18. The molecule has 0 bridgehead atoms. The third-order valence-electron chi connectivity index (χ3n) is 3.57. The maximum absolute atomic E-state index is 13.6. The second kappa shape index (κ2) is 5.85. The van der Waals surface area contributed by atoms with Crippen LogP contribution in [0.4, 0.5) is 10.1 Å². The number of rotatable bonds is 4. The summed E-state index contributed by atoms with van der Waals surface area (Å²) in [6.07, 6.45) is 2.87. The van der Waals surface area contributed by atoms with Crippen LogP contribution in [0.5, 0.6) is 0 Å². The summed E-state index contributed by atoms with van der Waals surface area (Å²) in [5.74, 6) is -0.447. The number of nitrogens with zero attached hydrogens (tertiary/aromatic N) is 1. The highest BCUT2D eigenvalue weighted by Crippen LogP contribution is 2.27. The fraction of sp³-hybridized carbons (Fsp3) is 0.500. The number of carbonyl (C=O) groups is 1. The van der Waals surface area contributed by atoms with Gasteiger partial charge >= 0.3 is 5.97 Å². The van der Waals surface area contributed by atoms with Crippen molar-refractivity contribution in [3.8, 4) is 0 Å². The molecular weight excluding hydrogens is 233 g/mol. The molecule has 4 heteroatoms. The Balaban J connectivity index is 1.87. The number of carboxylic acid groups (broad SMARTS) is 1. The molecule has 3 nitrogen and oxygen atoms in total. The van der Waals surface area contributed by atoms with Crippen LogP contribution >= 0.6 is 0 Å². The number of aliphatic carboxylic acids is 1. The first kappa shape index (κ1) is 12.9. The van der Waals surface area contributed by atoms with Gasteiger partial charge < -0.3 is 10.0 Å². The maximum atomic E-state index is 13.6. The van der Waals surface area contributed by atoms with Crippen molar-refractivity contribution in [1.82, 2.24) is 0 Å². The smallest absolute Gasteiger partial charge is 0.303 e. The molecule has 0 spiro atoms. The first-order valence-electron chi connectivity index (χ1n) is 6.38. The molecule has 0 aliphatic carbocycles. The third-order valence-corrected chi connectivity index (χ3v) is 3.57. The second-order valence-corrected chi connectivity index (χ2v) is 4.81. The lowest BCUT2D eigenvalue weighted by atomic mass is 9.92. The first-order chi connectivity index (χ1) is 8.66. The molecule has 0 amide bonds. The van der Waals surface area contributed by atoms with Gasteiger partial charge in [-0.2, -0.15) is 0 Å². The minimum atomic E-state index is -0.730. The van der Waals surface area contributed by atoms with Crippen LogP contribution in [0.15, 0.2) is 24.3 Å². The SMILES string of the molecule is O=C(O)CCC1CCN(c2ccccc2F)CC1. The average Bonchev–Trinajstić information content (AvgIpc) is 2.38. The van der Waals surface area contributed by atoms with E-state index >= 15 is 0 Å². The van der Waals surface area contributed by atoms with Crippen molar-refractivity contribution in [2.75, 3.05) is 18.0 Å². The molecule has 2 rings (SSSR count). The number of carboxylic acids is 1. The highest BCUT2D eigenvalue weighted by Gasteiger charge is 2.21. The number of hydrogen-bond acceptors (Lipinski definition) is 2. The molecule has 0 saturated carbocycles. The van der Waals surface area contributed by atoms with E-state index in [0.717, 1.165) is 32.4 Å². The lowest BCUT2D eigenvalue weighted by molar-refractivity contribution is -0.137. The molecular formula is C14H18FNO2. The van der Waals surface area contributed by atoms with Gasteiger partial charge in [-0.1, -0.05) is 12.1 Å². The largest absolute Gasteiger partial charge is 0.481 e. The molecule has 0 aromatic heterocycles. The van der Waals surface area contributed by atoms with Gasteiger partial charge in [0, 0.05) is 19.5 Å². The van der Waals surface area contributed by atoms with E-state index in [-0.39, 0.29) is 12.2 Å². The Hall–Kier alpha value is -1.58. The number of halogens is 1.